The molecule has 1 aromatic rings. The fourth-order valence-electron chi connectivity index (χ4n) is 2.36. The van der Waals surface area contributed by atoms with E-state index in [2.05, 4.69) is 5.32 Å². The third-order valence-electron chi connectivity index (χ3n) is 3.54. The van der Waals surface area contributed by atoms with Gasteiger partial charge in [-0.25, -0.2) is 4.39 Å². The Labute approximate surface area is 97.1 Å². The van der Waals surface area contributed by atoms with Gasteiger partial charge in [-0.2, -0.15) is 0 Å². The molecule has 1 unspecified atom stereocenters. The maximum Gasteiger partial charge on any atom is 0.126 e. The lowest BCUT2D eigenvalue weighted by Crippen LogP contribution is -2.35. The lowest BCUT2D eigenvalue weighted by Gasteiger charge is -2.23. The number of hydrogen-bond acceptors (Lipinski definition) is 1. The van der Waals surface area contributed by atoms with Crippen molar-refractivity contribution in [2.24, 2.45) is 0 Å². The van der Waals surface area contributed by atoms with Crippen molar-refractivity contribution >= 4 is 0 Å². The van der Waals surface area contributed by atoms with Gasteiger partial charge in [-0.3, -0.25) is 0 Å². The van der Waals surface area contributed by atoms with Crippen molar-refractivity contribution < 1.29 is 4.39 Å². The molecule has 1 heterocycles. The number of halogens is 1. The first-order valence-electron chi connectivity index (χ1n) is 6.16. The van der Waals surface area contributed by atoms with E-state index < -0.39 is 0 Å². The van der Waals surface area contributed by atoms with Crippen LogP contribution in [-0.4, -0.2) is 12.6 Å². The molecule has 1 N–H and O–H groups in total. The lowest BCUT2D eigenvalue weighted by atomic mass is 9.95. The number of nitrogens with one attached hydrogen (secondary N) is 1. The van der Waals surface area contributed by atoms with Crippen molar-refractivity contribution in [3.63, 3.8) is 0 Å². The average molecular weight is 221 g/mol. The van der Waals surface area contributed by atoms with Gasteiger partial charge in [-0.15, -0.1) is 0 Å². The van der Waals surface area contributed by atoms with E-state index in [1.807, 2.05) is 19.9 Å². The van der Waals surface area contributed by atoms with E-state index in [0.717, 1.165) is 24.1 Å². The lowest BCUT2D eigenvalue weighted by molar-refractivity contribution is 0.395. The van der Waals surface area contributed by atoms with Crippen molar-refractivity contribution in [2.45, 2.75) is 45.6 Å². The number of benzene rings is 1. The molecule has 1 atom stereocenters. The van der Waals surface area contributed by atoms with Crippen LogP contribution in [0.2, 0.25) is 0 Å². The Morgan fingerprint density at radius 3 is 2.69 bits per heavy atom. The molecule has 0 saturated carbocycles. The number of hydrogen-bond donors (Lipinski definition) is 1. The number of aryl methyl sites for hydroxylation is 2. The van der Waals surface area contributed by atoms with E-state index in [0.29, 0.717) is 6.04 Å². The summed E-state index contributed by atoms with van der Waals surface area (Å²) in [4.78, 5) is 0. The van der Waals surface area contributed by atoms with Crippen molar-refractivity contribution in [1.29, 1.82) is 0 Å². The summed E-state index contributed by atoms with van der Waals surface area (Å²) in [6.45, 7) is 5.09. The van der Waals surface area contributed by atoms with Crippen molar-refractivity contribution in [3.8, 4) is 0 Å². The van der Waals surface area contributed by atoms with Crippen LogP contribution in [0.5, 0.6) is 0 Å². The average Bonchev–Trinajstić information content (AvgIpc) is 2.27. The molecular weight excluding hydrogens is 201 g/mol. The van der Waals surface area contributed by atoms with Gasteiger partial charge >= 0.3 is 0 Å². The predicted molar refractivity (Wildman–Crippen MR) is 65.2 cm³/mol. The van der Waals surface area contributed by atoms with E-state index in [9.17, 15) is 4.39 Å². The van der Waals surface area contributed by atoms with Gasteiger partial charge in [0.25, 0.3) is 0 Å². The van der Waals surface area contributed by atoms with Crippen LogP contribution >= 0.6 is 0 Å². The molecule has 1 aromatic carbocycles. The van der Waals surface area contributed by atoms with Crippen LogP contribution in [-0.2, 0) is 6.42 Å². The first-order chi connectivity index (χ1) is 7.66. The van der Waals surface area contributed by atoms with Gasteiger partial charge in [0.15, 0.2) is 0 Å². The zero-order valence-electron chi connectivity index (χ0n) is 10.1. The second-order valence-electron chi connectivity index (χ2n) is 4.88. The van der Waals surface area contributed by atoms with Crippen molar-refractivity contribution in [2.75, 3.05) is 6.54 Å². The molecular formula is C14H20FN. The van der Waals surface area contributed by atoms with Crippen LogP contribution in [0.1, 0.15) is 36.0 Å². The topological polar surface area (TPSA) is 12.0 Å². The molecule has 2 heteroatoms. The Hall–Kier alpha value is -0.890. The van der Waals surface area contributed by atoms with Crippen molar-refractivity contribution in [3.05, 3.63) is 34.6 Å². The van der Waals surface area contributed by atoms with Gasteiger partial charge in [0.1, 0.15) is 5.82 Å². The first-order valence-corrected chi connectivity index (χ1v) is 6.16. The number of piperidine rings is 1. The van der Waals surface area contributed by atoms with E-state index in [1.165, 1.54) is 24.8 Å². The Bertz CT molecular complexity index is 367. The molecule has 1 saturated heterocycles. The largest absolute Gasteiger partial charge is 0.314 e. The van der Waals surface area contributed by atoms with Gasteiger partial charge in [0, 0.05) is 6.04 Å². The number of rotatable bonds is 2. The third-order valence-corrected chi connectivity index (χ3v) is 3.54. The van der Waals surface area contributed by atoms with Gasteiger partial charge in [-0.05, 0) is 62.4 Å². The van der Waals surface area contributed by atoms with E-state index in [1.54, 1.807) is 6.07 Å². The minimum absolute atomic E-state index is 0.0459. The molecule has 1 aliphatic rings. The summed E-state index contributed by atoms with van der Waals surface area (Å²) in [5.74, 6) is -0.0459. The van der Waals surface area contributed by atoms with Crippen LogP contribution in [0, 0.1) is 19.7 Å². The third kappa shape index (κ3) is 2.62. The van der Waals surface area contributed by atoms with Crippen molar-refractivity contribution in [1.82, 2.24) is 5.32 Å². The molecule has 88 valence electrons. The Balaban J connectivity index is 2.11. The maximum atomic E-state index is 13.8. The summed E-state index contributed by atoms with van der Waals surface area (Å²) < 4.78 is 13.8. The predicted octanol–water partition coefficient (Wildman–Crippen LogP) is 3.13. The Kier molecular flexibility index (Phi) is 3.59. The van der Waals surface area contributed by atoms with Crippen LogP contribution in [0.3, 0.4) is 0 Å². The molecule has 0 amide bonds. The zero-order valence-corrected chi connectivity index (χ0v) is 10.1. The minimum Gasteiger partial charge on any atom is -0.314 e. The summed E-state index contributed by atoms with van der Waals surface area (Å²) in [5, 5.41) is 3.46. The second-order valence-corrected chi connectivity index (χ2v) is 4.88. The van der Waals surface area contributed by atoms with Gasteiger partial charge in [-0.1, -0.05) is 12.5 Å². The van der Waals surface area contributed by atoms with Gasteiger partial charge < -0.3 is 5.32 Å². The summed E-state index contributed by atoms with van der Waals surface area (Å²) in [6.07, 6.45) is 4.52. The smallest absolute Gasteiger partial charge is 0.126 e. The van der Waals surface area contributed by atoms with Crippen LogP contribution < -0.4 is 5.32 Å². The molecule has 0 radical (unpaired) electrons. The maximum absolute atomic E-state index is 13.8. The summed E-state index contributed by atoms with van der Waals surface area (Å²) in [5.41, 5.74) is 3.09. The molecule has 0 spiro atoms. The zero-order chi connectivity index (χ0) is 11.5. The molecule has 16 heavy (non-hydrogen) atoms. The van der Waals surface area contributed by atoms with Gasteiger partial charge in [0.2, 0.25) is 0 Å². The molecule has 0 bridgehead atoms. The highest BCUT2D eigenvalue weighted by Crippen LogP contribution is 2.19. The SMILES string of the molecule is Cc1cc(F)c(CC2CCCCN2)cc1C. The first kappa shape index (κ1) is 11.6. The molecule has 1 aliphatic heterocycles. The van der Waals surface area contributed by atoms with E-state index >= 15 is 0 Å². The molecule has 1 fully saturated rings. The Morgan fingerprint density at radius 2 is 2.00 bits per heavy atom. The monoisotopic (exact) mass is 221 g/mol. The van der Waals surface area contributed by atoms with E-state index in [4.69, 9.17) is 0 Å². The second kappa shape index (κ2) is 4.96. The molecule has 1 nitrogen and oxygen atoms in total. The van der Waals surface area contributed by atoms with Crippen LogP contribution in [0.25, 0.3) is 0 Å². The highest BCUT2D eigenvalue weighted by Gasteiger charge is 2.15. The highest BCUT2D eigenvalue weighted by molar-refractivity contribution is 5.31. The molecule has 0 aliphatic carbocycles. The minimum atomic E-state index is -0.0459. The Morgan fingerprint density at radius 1 is 1.25 bits per heavy atom. The summed E-state index contributed by atoms with van der Waals surface area (Å²) in [7, 11) is 0. The highest BCUT2D eigenvalue weighted by atomic mass is 19.1. The summed E-state index contributed by atoms with van der Waals surface area (Å²) in [6, 6.07) is 4.12. The molecule has 2 rings (SSSR count). The van der Waals surface area contributed by atoms with E-state index in [-0.39, 0.29) is 5.82 Å². The molecule has 0 aromatic heterocycles. The quantitative estimate of drug-likeness (QED) is 0.809. The van der Waals surface area contributed by atoms with Crippen LogP contribution in [0.15, 0.2) is 12.1 Å². The normalized spacial score (nSPS) is 21.1. The van der Waals surface area contributed by atoms with Gasteiger partial charge in [0.05, 0.1) is 0 Å². The standard InChI is InChI=1S/C14H20FN/c1-10-7-12(14(15)8-11(10)2)9-13-5-3-4-6-16-13/h7-8,13,16H,3-6,9H2,1-2H3. The fourth-order valence-corrected chi connectivity index (χ4v) is 2.36. The summed E-state index contributed by atoms with van der Waals surface area (Å²) >= 11 is 0. The fraction of sp³-hybridized carbons (Fsp3) is 0.571. The van der Waals surface area contributed by atoms with Crippen LogP contribution in [0.4, 0.5) is 4.39 Å².